The molecule has 0 radical (unpaired) electrons. The van der Waals surface area contributed by atoms with Gasteiger partial charge in [-0.1, -0.05) is 11.6 Å². The van der Waals surface area contributed by atoms with E-state index >= 15 is 0 Å². The molecule has 0 unspecified atom stereocenters. The van der Waals surface area contributed by atoms with Crippen LogP contribution in [-0.2, 0) is 14.4 Å². The number of ketones is 1. The maximum Gasteiger partial charge on any atom is 0.361 e. The highest BCUT2D eigenvalue weighted by molar-refractivity contribution is 6.63. The zero-order chi connectivity index (χ0) is 12.2. The second kappa shape index (κ2) is 5.09. The van der Waals surface area contributed by atoms with E-state index in [2.05, 4.69) is 5.16 Å². The van der Waals surface area contributed by atoms with E-state index in [0.29, 0.717) is 0 Å². The topological polar surface area (TPSA) is 76.0 Å². The molecule has 0 bridgehead atoms. The zero-order valence-electron chi connectivity index (χ0n) is 9.65. The van der Waals surface area contributed by atoms with Gasteiger partial charge >= 0.3 is 5.97 Å². The van der Waals surface area contributed by atoms with Gasteiger partial charge in [0.05, 0.1) is 0 Å². The molecule has 1 aliphatic carbocycles. The van der Waals surface area contributed by atoms with E-state index in [0.717, 1.165) is 25.7 Å². The van der Waals surface area contributed by atoms with E-state index < -0.39 is 23.1 Å². The maximum atomic E-state index is 11.0. The number of carbonyl (C=O) groups excluding carboxylic acids is 1. The molecule has 16 heavy (non-hydrogen) atoms. The molecule has 1 rings (SSSR count). The van der Waals surface area contributed by atoms with Gasteiger partial charge in [-0.05, 0) is 32.6 Å². The zero-order valence-corrected chi connectivity index (χ0v) is 9.65. The van der Waals surface area contributed by atoms with E-state index in [-0.39, 0.29) is 0 Å². The van der Waals surface area contributed by atoms with Crippen LogP contribution in [0.4, 0.5) is 0 Å². The molecule has 5 heteroatoms. The Morgan fingerprint density at radius 1 is 1.25 bits per heavy atom. The molecule has 1 N–H and O–H groups in total. The lowest BCUT2D eigenvalue weighted by atomic mass is 9.87. The molecule has 5 nitrogen and oxygen atoms in total. The first kappa shape index (κ1) is 12.7. The summed E-state index contributed by atoms with van der Waals surface area (Å²) in [6, 6.07) is 0. The number of carboxylic acids is 1. The highest BCUT2D eigenvalue weighted by Crippen LogP contribution is 2.31. The smallest absolute Gasteiger partial charge is 0.361 e. The van der Waals surface area contributed by atoms with Crippen LogP contribution in [0, 0.1) is 0 Å². The van der Waals surface area contributed by atoms with Gasteiger partial charge in [-0.25, -0.2) is 4.79 Å². The van der Waals surface area contributed by atoms with Crippen LogP contribution in [0.5, 0.6) is 0 Å². The summed E-state index contributed by atoms with van der Waals surface area (Å²) in [5, 5.41) is 12.2. The molecular formula is C11H17NO4. The second-order valence-corrected chi connectivity index (χ2v) is 4.40. The van der Waals surface area contributed by atoms with E-state index in [1.807, 2.05) is 6.92 Å². The van der Waals surface area contributed by atoms with Crippen molar-refractivity contribution < 1.29 is 19.5 Å². The minimum atomic E-state index is -1.34. The average molecular weight is 227 g/mol. The lowest BCUT2D eigenvalue weighted by Gasteiger charge is -2.30. The Bertz CT molecular complexity index is 300. The van der Waals surface area contributed by atoms with Crippen molar-refractivity contribution in [2.24, 2.45) is 5.16 Å². The fraction of sp³-hybridized carbons (Fsp3) is 0.727. The molecule has 0 saturated heterocycles. The monoisotopic (exact) mass is 227 g/mol. The number of carboxylic acid groups (broad SMARTS) is 1. The lowest BCUT2D eigenvalue weighted by Crippen LogP contribution is -2.31. The van der Waals surface area contributed by atoms with E-state index in [1.54, 1.807) is 0 Å². The molecule has 0 amide bonds. The first-order valence-electron chi connectivity index (χ1n) is 5.45. The molecule has 0 atom stereocenters. The predicted octanol–water partition coefficient (Wildman–Crippen LogP) is 1.76. The summed E-state index contributed by atoms with van der Waals surface area (Å²) >= 11 is 0. The summed E-state index contributed by atoms with van der Waals surface area (Å²) in [5.74, 6) is -1.93. The Labute approximate surface area is 94.5 Å². The maximum absolute atomic E-state index is 11.0. The Morgan fingerprint density at radius 3 is 2.25 bits per heavy atom. The van der Waals surface area contributed by atoms with E-state index in [9.17, 15) is 9.59 Å². The van der Waals surface area contributed by atoms with Gasteiger partial charge in [0.1, 0.15) is 5.60 Å². The second-order valence-electron chi connectivity index (χ2n) is 4.40. The van der Waals surface area contributed by atoms with Crippen molar-refractivity contribution in [3.05, 3.63) is 0 Å². The van der Waals surface area contributed by atoms with E-state index in [4.69, 9.17) is 9.94 Å². The number of hydrogen-bond donors (Lipinski definition) is 1. The highest BCUT2D eigenvalue weighted by Gasteiger charge is 2.30. The third-order valence-electron chi connectivity index (χ3n) is 2.80. The first-order valence-corrected chi connectivity index (χ1v) is 5.45. The van der Waals surface area contributed by atoms with Gasteiger partial charge in [-0.3, -0.25) is 4.79 Å². The summed E-state index contributed by atoms with van der Waals surface area (Å²) < 4.78 is 0. The number of Topliss-reactive ketones (excluding diaryl/α,β-unsaturated/α-hetero) is 1. The normalized spacial score (nSPS) is 20.2. The van der Waals surface area contributed by atoms with Crippen molar-refractivity contribution in [3.63, 3.8) is 0 Å². The molecule has 0 aromatic rings. The average Bonchev–Trinajstić information content (AvgIpc) is 2.17. The molecule has 90 valence electrons. The largest absolute Gasteiger partial charge is 0.476 e. The molecule has 1 aliphatic rings. The SMILES string of the molecule is CC(=O)/C(=N\OC1(C)CCCCC1)C(=O)O. The number of oxime groups is 1. The molecular weight excluding hydrogens is 210 g/mol. The number of rotatable bonds is 4. The Balaban J connectivity index is 2.68. The van der Waals surface area contributed by atoms with Crippen LogP contribution >= 0.6 is 0 Å². The van der Waals surface area contributed by atoms with Crippen LogP contribution in [0.15, 0.2) is 5.16 Å². The van der Waals surface area contributed by atoms with E-state index in [1.165, 1.54) is 13.3 Å². The minimum absolute atomic E-state index is 0.422. The van der Waals surface area contributed by atoms with Crippen LogP contribution in [0.3, 0.4) is 0 Å². The van der Waals surface area contributed by atoms with Gasteiger partial charge < -0.3 is 9.94 Å². The molecule has 1 fully saturated rings. The van der Waals surface area contributed by atoms with Crippen molar-refractivity contribution in [1.82, 2.24) is 0 Å². The first-order chi connectivity index (χ1) is 7.44. The van der Waals surface area contributed by atoms with Crippen LogP contribution in [0.2, 0.25) is 0 Å². The van der Waals surface area contributed by atoms with Crippen molar-refractivity contribution in [2.75, 3.05) is 0 Å². The third kappa shape index (κ3) is 3.32. The van der Waals surface area contributed by atoms with Crippen LogP contribution < -0.4 is 0 Å². The molecule has 0 aliphatic heterocycles. The Morgan fingerprint density at radius 2 is 1.81 bits per heavy atom. The standard InChI is InChI=1S/C11H17NO4/c1-8(13)9(10(14)15)12-16-11(2)6-4-3-5-7-11/h3-7H2,1-2H3,(H,14,15)/b12-9+. The fourth-order valence-corrected chi connectivity index (χ4v) is 1.80. The molecule has 0 aromatic heterocycles. The van der Waals surface area contributed by atoms with Gasteiger partial charge in [0.15, 0.2) is 5.78 Å². The van der Waals surface area contributed by atoms with Crippen LogP contribution in [0.25, 0.3) is 0 Å². The van der Waals surface area contributed by atoms with Crippen molar-refractivity contribution in [1.29, 1.82) is 0 Å². The predicted molar refractivity (Wildman–Crippen MR) is 58.3 cm³/mol. The number of carbonyl (C=O) groups is 2. The summed E-state index contributed by atoms with van der Waals surface area (Å²) in [6.45, 7) is 3.06. The Hall–Kier alpha value is -1.39. The Kier molecular flexibility index (Phi) is 4.04. The molecule has 1 saturated carbocycles. The summed E-state index contributed by atoms with van der Waals surface area (Å²) in [4.78, 5) is 26.9. The van der Waals surface area contributed by atoms with Gasteiger partial charge in [0, 0.05) is 6.92 Å². The molecule has 0 aromatic carbocycles. The summed E-state index contributed by atoms with van der Waals surface area (Å²) in [5.41, 5.74) is -0.958. The van der Waals surface area contributed by atoms with Crippen molar-refractivity contribution >= 4 is 17.5 Å². The third-order valence-corrected chi connectivity index (χ3v) is 2.80. The lowest BCUT2D eigenvalue weighted by molar-refractivity contribution is -0.131. The highest BCUT2D eigenvalue weighted by atomic mass is 16.7. The minimum Gasteiger partial charge on any atom is -0.476 e. The van der Waals surface area contributed by atoms with Crippen LogP contribution in [0.1, 0.15) is 46.0 Å². The quantitative estimate of drug-likeness (QED) is 0.451. The van der Waals surface area contributed by atoms with Gasteiger partial charge in [0.25, 0.3) is 0 Å². The van der Waals surface area contributed by atoms with Gasteiger partial charge in [-0.15, -0.1) is 0 Å². The van der Waals surface area contributed by atoms with Gasteiger partial charge in [0.2, 0.25) is 5.71 Å². The van der Waals surface area contributed by atoms with Gasteiger partial charge in [-0.2, -0.15) is 0 Å². The van der Waals surface area contributed by atoms with Crippen molar-refractivity contribution in [2.45, 2.75) is 51.6 Å². The summed E-state index contributed by atoms with van der Waals surface area (Å²) in [7, 11) is 0. The van der Waals surface area contributed by atoms with Crippen molar-refractivity contribution in [3.8, 4) is 0 Å². The fourth-order valence-electron chi connectivity index (χ4n) is 1.80. The number of aliphatic carboxylic acids is 1. The summed E-state index contributed by atoms with van der Waals surface area (Å²) in [6.07, 6.45) is 4.97. The number of nitrogens with zero attached hydrogens (tertiary/aromatic N) is 1. The van der Waals surface area contributed by atoms with Crippen LogP contribution in [-0.4, -0.2) is 28.2 Å². The molecule has 0 heterocycles. The molecule has 0 spiro atoms. The number of hydrogen-bond acceptors (Lipinski definition) is 4.